The van der Waals surface area contributed by atoms with Gasteiger partial charge in [0.1, 0.15) is 11.5 Å². The highest BCUT2D eigenvalue weighted by Crippen LogP contribution is 2.35. The van der Waals surface area contributed by atoms with E-state index in [0.29, 0.717) is 0 Å². The monoisotopic (exact) mass is 350 g/mol. The number of carbonyl (C=O) groups is 2. The minimum Gasteiger partial charge on any atom is -0.449 e. The summed E-state index contributed by atoms with van der Waals surface area (Å²) in [4.78, 5) is 21.4. The fourth-order valence-corrected chi connectivity index (χ4v) is 2.60. The van der Waals surface area contributed by atoms with Crippen molar-refractivity contribution in [3.63, 3.8) is 0 Å². The molecule has 0 saturated carbocycles. The Hall–Kier alpha value is -3.80. The summed E-state index contributed by atoms with van der Waals surface area (Å²) in [6.45, 7) is 0. The van der Waals surface area contributed by atoms with E-state index in [4.69, 9.17) is 14.9 Å². The average molecular weight is 350 g/mol. The van der Waals surface area contributed by atoms with Crippen molar-refractivity contribution in [2.45, 2.75) is 0 Å². The molecule has 0 radical (unpaired) electrons. The van der Waals surface area contributed by atoms with Crippen LogP contribution in [-0.4, -0.2) is 22.5 Å². The second-order valence-corrected chi connectivity index (χ2v) is 5.33. The number of carboxylic acid groups (broad SMARTS) is 2. The fraction of sp³-hybridized carbons (Fsp3) is 0. The highest BCUT2D eigenvalue weighted by atomic mass is 16.7. The van der Waals surface area contributed by atoms with Gasteiger partial charge in [0.05, 0.1) is 0 Å². The van der Waals surface area contributed by atoms with Crippen molar-refractivity contribution in [3.05, 3.63) is 72.8 Å². The van der Waals surface area contributed by atoms with E-state index in [2.05, 4.69) is 4.74 Å². The van der Waals surface area contributed by atoms with Gasteiger partial charge in [-0.05, 0) is 46.5 Å². The highest BCUT2D eigenvalue weighted by Gasteiger charge is 2.11. The Labute approximate surface area is 148 Å². The van der Waals surface area contributed by atoms with Gasteiger partial charge in [-0.1, -0.05) is 48.5 Å². The van der Waals surface area contributed by atoms with E-state index in [9.17, 15) is 9.59 Å². The van der Waals surface area contributed by atoms with Crippen molar-refractivity contribution >= 4 is 12.3 Å². The van der Waals surface area contributed by atoms with Crippen LogP contribution in [0.25, 0.3) is 22.3 Å². The van der Waals surface area contributed by atoms with Gasteiger partial charge in [0.2, 0.25) is 0 Å². The van der Waals surface area contributed by atoms with E-state index >= 15 is 0 Å². The number of hydrogen-bond acceptors (Lipinski definition) is 4. The third-order valence-electron chi connectivity index (χ3n) is 3.65. The Kier molecular flexibility index (Phi) is 4.85. The molecule has 0 aliphatic heterocycles. The van der Waals surface area contributed by atoms with E-state index in [-0.39, 0.29) is 11.5 Å². The van der Waals surface area contributed by atoms with Crippen LogP contribution in [0, 0.1) is 0 Å². The molecule has 130 valence electrons. The van der Waals surface area contributed by atoms with Crippen molar-refractivity contribution in [1.82, 2.24) is 0 Å². The molecule has 0 aliphatic rings. The molecule has 6 heteroatoms. The second kappa shape index (κ2) is 7.40. The maximum atomic E-state index is 10.8. The van der Waals surface area contributed by atoms with Crippen molar-refractivity contribution in [2.75, 3.05) is 0 Å². The predicted octanol–water partition coefficient (Wildman–Crippen LogP) is 5.13. The zero-order valence-corrected chi connectivity index (χ0v) is 13.5. The molecule has 3 aromatic carbocycles. The molecule has 0 aliphatic carbocycles. The summed E-state index contributed by atoms with van der Waals surface area (Å²) in [6, 6.07) is 21.0. The van der Waals surface area contributed by atoms with Crippen molar-refractivity contribution in [2.24, 2.45) is 0 Å². The summed E-state index contributed by atoms with van der Waals surface area (Å²) in [5.41, 5.74) is 3.35. The summed E-state index contributed by atoms with van der Waals surface area (Å²) < 4.78 is 9.38. The molecule has 3 aromatic rings. The Balaban J connectivity index is 2.05. The second-order valence-electron chi connectivity index (χ2n) is 5.33. The molecule has 2 N–H and O–H groups in total. The Bertz CT molecular complexity index is 932. The molecule has 3 rings (SSSR count). The van der Waals surface area contributed by atoms with Gasteiger partial charge in [0.15, 0.2) is 0 Å². The first-order valence-electron chi connectivity index (χ1n) is 7.64. The first-order chi connectivity index (χ1) is 12.5. The molecule has 6 nitrogen and oxygen atoms in total. The molecule has 0 atom stereocenters. The van der Waals surface area contributed by atoms with Crippen LogP contribution in [0.5, 0.6) is 11.5 Å². The zero-order chi connectivity index (χ0) is 18.5. The van der Waals surface area contributed by atoms with Gasteiger partial charge in [-0.25, -0.2) is 9.59 Å². The summed E-state index contributed by atoms with van der Waals surface area (Å²) in [5, 5.41) is 17.5. The van der Waals surface area contributed by atoms with Gasteiger partial charge in [0.25, 0.3) is 0 Å². The molecule has 0 heterocycles. The topological polar surface area (TPSA) is 93.1 Å². The van der Waals surface area contributed by atoms with E-state index in [1.165, 1.54) is 0 Å². The van der Waals surface area contributed by atoms with Crippen LogP contribution in [-0.2, 0) is 0 Å². The molecule has 0 unspecified atom stereocenters. The van der Waals surface area contributed by atoms with Crippen molar-refractivity contribution < 1.29 is 29.3 Å². The Morgan fingerprint density at radius 3 is 1.77 bits per heavy atom. The zero-order valence-electron chi connectivity index (χ0n) is 13.5. The lowest BCUT2D eigenvalue weighted by Crippen LogP contribution is -2.03. The van der Waals surface area contributed by atoms with Gasteiger partial charge in [0, 0.05) is 0 Å². The minimum atomic E-state index is -1.38. The molecule has 0 amide bonds. The molecular weight excluding hydrogens is 336 g/mol. The van der Waals surface area contributed by atoms with Crippen LogP contribution in [0.2, 0.25) is 0 Å². The molecule has 0 fully saturated rings. The average Bonchev–Trinajstić information content (AvgIpc) is 2.62. The van der Waals surface area contributed by atoms with Crippen LogP contribution >= 0.6 is 0 Å². The Morgan fingerprint density at radius 2 is 1.15 bits per heavy atom. The van der Waals surface area contributed by atoms with Crippen molar-refractivity contribution in [3.8, 4) is 33.8 Å². The normalized spacial score (nSPS) is 10.2. The lowest BCUT2D eigenvalue weighted by atomic mass is 9.94. The van der Waals surface area contributed by atoms with E-state index < -0.39 is 12.3 Å². The fourth-order valence-electron chi connectivity index (χ4n) is 2.60. The quantitative estimate of drug-likeness (QED) is 0.500. The van der Waals surface area contributed by atoms with Gasteiger partial charge in [-0.2, -0.15) is 0 Å². The largest absolute Gasteiger partial charge is 0.511 e. The van der Waals surface area contributed by atoms with Gasteiger partial charge >= 0.3 is 12.3 Å². The lowest BCUT2D eigenvalue weighted by Gasteiger charge is -2.12. The van der Waals surface area contributed by atoms with Crippen LogP contribution in [0.1, 0.15) is 0 Å². The number of ether oxygens (including phenoxy) is 2. The summed E-state index contributed by atoms with van der Waals surface area (Å²) in [5.74, 6) is 0.430. The van der Waals surface area contributed by atoms with Gasteiger partial charge in [-0.3, -0.25) is 0 Å². The Morgan fingerprint density at radius 1 is 0.615 bits per heavy atom. The summed E-state index contributed by atoms with van der Waals surface area (Å²) in [7, 11) is 0. The van der Waals surface area contributed by atoms with E-state index in [0.717, 1.165) is 22.3 Å². The molecule has 0 spiro atoms. The minimum absolute atomic E-state index is 0.214. The molecule has 0 aromatic heterocycles. The van der Waals surface area contributed by atoms with Crippen LogP contribution in [0.4, 0.5) is 9.59 Å². The third-order valence-corrected chi connectivity index (χ3v) is 3.65. The molecule has 0 bridgehead atoms. The molecule has 0 saturated heterocycles. The van der Waals surface area contributed by atoms with Crippen LogP contribution < -0.4 is 9.47 Å². The third kappa shape index (κ3) is 3.99. The first-order valence-corrected chi connectivity index (χ1v) is 7.64. The smallest absolute Gasteiger partial charge is 0.449 e. The summed E-state index contributed by atoms with van der Waals surface area (Å²) >= 11 is 0. The summed E-state index contributed by atoms with van der Waals surface area (Å²) in [6.07, 6.45) is -2.76. The number of rotatable bonds is 4. The van der Waals surface area contributed by atoms with E-state index in [1.54, 1.807) is 42.5 Å². The maximum Gasteiger partial charge on any atom is 0.511 e. The standard InChI is InChI=1S/C20H14O6/c21-19(22)25-15-8-6-14(7-9-15)17-11-10-16(26-20(23)24)12-18(17)13-4-2-1-3-5-13/h1-12H,(H,21,22)(H,23,24). The lowest BCUT2D eigenvalue weighted by molar-refractivity contribution is 0.143. The van der Waals surface area contributed by atoms with Gasteiger partial charge in [-0.15, -0.1) is 0 Å². The molecular formula is C20H14O6. The van der Waals surface area contributed by atoms with Crippen LogP contribution in [0.3, 0.4) is 0 Å². The first kappa shape index (κ1) is 17.0. The van der Waals surface area contributed by atoms with E-state index in [1.807, 2.05) is 30.3 Å². The molecule has 26 heavy (non-hydrogen) atoms. The van der Waals surface area contributed by atoms with Crippen LogP contribution in [0.15, 0.2) is 72.8 Å². The number of hydrogen-bond donors (Lipinski definition) is 2. The maximum absolute atomic E-state index is 10.8. The highest BCUT2D eigenvalue weighted by molar-refractivity contribution is 5.85. The van der Waals surface area contributed by atoms with Crippen molar-refractivity contribution in [1.29, 1.82) is 0 Å². The number of benzene rings is 3. The predicted molar refractivity (Wildman–Crippen MR) is 94.6 cm³/mol. The van der Waals surface area contributed by atoms with Gasteiger partial charge < -0.3 is 19.7 Å². The SMILES string of the molecule is O=C(O)Oc1ccc(-c2ccc(OC(=O)O)cc2-c2ccccc2)cc1.